The number of fused-ring (bicyclic) bond motifs is 1. The summed E-state index contributed by atoms with van der Waals surface area (Å²) in [5.41, 5.74) is 7.00. The summed E-state index contributed by atoms with van der Waals surface area (Å²) in [5, 5.41) is 11.5. The molecule has 6 nitrogen and oxygen atoms in total. The minimum atomic E-state index is -0.153. The number of nitrogens with zero attached hydrogens (tertiary/aromatic N) is 5. The summed E-state index contributed by atoms with van der Waals surface area (Å²) in [6.45, 7) is 1.84. The van der Waals surface area contributed by atoms with Gasteiger partial charge in [-0.15, -0.1) is 10.2 Å². The molecule has 0 unspecified atom stereocenters. The van der Waals surface area contributed by atoms with E-state index in [-0.39, 0.29) is 6.04 Å². The summed E-state index contributed by atoms with van der Waals surface area (Å²) in [5.74, 6) is 0. The molecule has 0 amide bonds. The molecule has 0 aliphatic heterocycles. The quantitative estimate of drug-likeness (QED) is 0.616. The molecule has 12 heavy (non-hydrogen) atoms. The van der Waals surface area contributed by atoms with Gasteiger partial charge in [0.15, 0.2) is 0 Å². The van der Waals surface area contributed by atoms with Gasteiger partial charge in [-0.3, -0.25) is 0 Å². The van der Waals surface area contributed by atoms with E-state index in [4.69, 9.17) is 5.73 Å². The largest absolute Gasteiger partial charge is 0.323 e. The predicted molar refractivity (Wildman–Crippen MR) is 41.2 cm³/mol. The van der Waals surface area contributed by atoms with Gasteiger partial charge in [0.2, 0.25) is 5.65 Å². The molecule has 2 N–H and O–H groups in total. The van der Waals surface area contributed by atoms with Crippen molar-refractivity contribution < 1.29 is 0 Å². The Hall–Kier alpha value is -1.56. The third-order valence-electron chi connectivity index (χ3n) is 1.56. The zero-order chi connectivity index (χ0) is 8.55. The zero-order valence-electron chi connectivity index (χ0n) is 6.55. The molecule has 6 heteroatoms. The first-order valence-corrected chi connectivity index (χ1v) is 3.55. The van der Waals surface area contributed by atoms with Crippen molar-refractivity contribution >= 4 is 5.65 Å². The van der Waals surface area contributed by atoms with Crippen LogP contribution in [0.25, 0.3) is 5.65 Å². The highest BCUT2D eigenvalue weighted by molar-refractivity contribution is 5.41. The van der Waals surface area contributed by atoms with Crippen LogP contribution in [0.5, 0.6) is 0 Å². The zero-order valence-corrected chi connectivity index (χ0v) is 6.55. The summed E-state index contributed by atoms with van der Waals surface area (Å²) in [6.07, 6.45) is 2.96. The Morgan fingerprint density at radius 2 is 2.42 bits per heavy atom. The first-order valence-electron chi connectivity index (χ1n) is 3.55. The van der Waals surface area contributed by atoms with Crippen LogP contribution in [0, 0.1) is 0 Å². The molecule has 2 aromatic heterocycles. The van der Waals surface area contributed by atoms with Gasteiger partial charge in [0, 0.05) is 6.04 Å². The molecule has 0 aromatic carbocycles. The smallest absolute Gasteiger partial charge is 0.200 e. The second-order valence-electron chi connectivity index (χ2n) is 2.53. The fraction of sp³-hybridized carbons (Fsp3) is 0.333. The van der Waals surface area contributed by atoms with E-state index in [0.29, 0.717) is 11.3 Å². The molecule has 1 atom stereocenters. The molecule has 2 heterocycles. The van der Waals surface area contributed by atoms with Crippen LogP contribution in [-0.4, -0.2) is 24.8 Å². The summed E-state index contributed by atoms with van der Waals surface area (Å²) in [4.78, 5) is 4.02. The average Bonchev–Trinajstić information content (AvgIpc) is 2.49. The van der Waals surface area contributed by atoms with Crippen LogP contribution in [0.4, 0.5) is 0 Å². The van der Waals surface area contributed by atoms with Crippen LogP contribution < -0.4 is 5.73 Å². The highest BCUT2D eigenvalue weighted by Crippen LogP contribution is 2.08. The molecule has 0 saturated heterocycles. The van der Waals surface area contributed by atoms with Gasteiger partial charge in [0.05, 0.1) is 0 Å². The van der Waals surface area contributed by atoms with Gasteiger partial charge >= 0.3 is 0 Å². The molecule has 2 aromatic rings. The Bertz CT molecular complexity index is 392. The van der Waals surface area contributed by atoms with E-state index in [0.717, 1.165) is 0 Å². The van der Waals surface area contributed by atoms with Crippen LogP contribution in [0.2, 0.25) is 0 Å². The molecule has 0 aliphatic carbocycles. The highest BCUT2D eigenvalue weighted by Gasteiger charge is 2.08. The lowest BCUT2D eigenvalue weighted by atomic mass is 10.2. The lowest BCUT2D eigenvalue weighted by Gasteiger charge is -2.02. The maximum absolute atomic E-state index is 5.67. The third kappa shape index (κ3) is 0.928. The summed E-state index contributed by atoms with van der Waals surface area (Å²) in [7, 11) is 0. The molecular weight excluding hydrogens is 156 g/mol. The summed E-state index contributed by atoms with van der Waals surface area (Å²) >= 11 is 0. The van der Waals surface area contributed by atoms with E-state index in [9.17, 15) is 0 Å². The Balaban J connectivity index is 2.73. The summed E-state index contributed by atoms with van der Waals surface area (Å²) in [6, 6.07) is -0.153. The molecule has 0 bridgehead atoms. The van der Waals surface area contributed by atoms with Crippen LogP contribution in [0.1, 0.15) is 18.7 Å². The fourth-order valence-corrected chi connectivity index (χ4v) is 1.01. The summed E-state index contributed by atoms with van der Waals surface area (Å²) < 4.78 is 1.55. The Morgan fingerprint density at radius 1 is 1.58 bits per heavy atom. The van der Waals surface area contributed by atoms with Crippen molar-refractivity contribution in [1.29, 1.82) is 0 Å². The van der Waals surface area contributed by atoms with Crippen molar-refractivity contribution in [3.63, 3.8) is 0 Å². The SMILES string of the molecule is C[C@H](N)c1ncnn2cnnc12. The van der Waals surface area contributed by atoms with Crippen molar-refractivity contribution in [1.82, 2.24) is 24.8 Å². The first-order chi connectivity index (χ1) is 5.79. The molecule has 0 fully saturated rings. The van der Waals surface area contributed by atoms with Gasteiger partial charge in [0.1, 0.15) is 18.3 Å². The van der Waals surface area contributed by atoms with Crippen molar-refractivity contribution in [2.75, 3.05) is 0 Å². The van der Waals surface area contributed by atoms with Crippen LogP contribution in [0.3, 0.4) is 0 Å². The van der Waals surface area contributed by atoms with Crippen LogP contribution in [-0.2, 0) is 0 Å². The monoisotopic (exact) mass is 164 g/mol. The number of hydrogen-bond donors (Lipinski definition) is 1. The van der Waals surface area contributed by atoms with Gasteiger partial charge < -0.3 is 5.73 Å². The van der Waals surface area contributed by atoms with Crippen LogP contribution in [0.15, 0.2) is 12.7 Å². The van der Waals surface area contributed by atoms with Crippen LogP contribution >= 0.6 is 0 Å². The van der Waals surface area contributed by atoms with Crippen molar-refractivity contribution in [3.8, 4) is 0 Å². The average molecular weight is 164 g/mol. The van der Waals surface area contributed by atoms with Gasteiger partial charge in [0.25, 0.3) is 0 Å². The van der Waals surface area contributed by atoms with Gasteiger partial charge in [-0.05, 0) is 6.92 Å². The van der Waals surface area contributed by atoms with Gasteiger partial charge in [-0.2, -0.15) is 9.61 Å². The van der Waals surface area contributed by atoms with Crippen molar-refractivity contribution in [2.45, 2.75) is 13.0 Å². The number of hydrogen-bond acceptors (Lipinski definition) is 5. The van der Waals surface area contributed by atoms with E-state index in [1.165, 1.54) is 12.7 Å². The molecule has 0 saturated carbocycles. The molecule has 0 aliphatic rings. The molecule has 2 rings (SSSR count). The molecule has 0 radical (unpaired) electrons. The van der Waals surface area contributed by atoms with E-state index in [2.05, 4.69) is 20.3 Å². The Morgan fingerprint density at radius 3 is 3.17 bits per heavy atom. The second kappa shape index (κ2) is 2.49. The molecule has 0 spiro atoms. The van der Waals surface area contributed by atoms with Gasteiger partial charge in [-0.25, -0.2) is 4.98 Å². The first kappa shape index (κ1) is 7.11. The number of aromatic nitrogens is 5. The van der Waals surface area contributed by atoms with E-state index < -0.39 is 0 Å². The fourth-order valence-electron chi connectivity index (χ4n) is 1.01. The van der Waals surface area contributed by atoms with Crippen molar-refractivity contribution in [2.24, 2.45) is 5.73 Å². The maximum Gasteiger partial charge on any atom is 0.200 e. The van der Waals surface area contributed by atoms with Crippen molar-refractivity contribution in [3.05, 3.63) is 18.3 Å². The maximum atomic E-state index is 5.67. The standard InChI is InChI=1S/C6H8N6/c1-4(7)5-6-11-9-3-12(6)10-2-8-5/h2-4H,7H2,1H3/t4-/m0/s1. The van der Waals surface area contributed by atoms with E-state index in [1.807, 2.05) is 6.92 Å². The normalized spacial score (nSPS) is 13.5. The van der Waals surface area contributed by atoms with E-state index in [1.54, 1.807) is 4.52 Å². The Labute approximate surface area is 68.4 Å². The molecular formula is C6H8N6. The lowest BCUT2D eigenvalue weighted by molar-refractivity contribution is 0.752. The Kier molecular flexibility index (Phi) is 1.47. The van der Waals surface area contributed by atoms with Gasteiger partial charge in [-0.1, -0.05) is 0 Å². The highest BCUT2D eigenvalue weighted by atomic mass is 15.4. The molecule has 62 valence electrons. The third-order valence-corrected chi connectivity index (χ3v) is 1.56. The lowest BCUT2D eigenvalue weighted by Crippen LogP contribution is -2.10. The predicted octanol–water partition coefficient (Wildman–Crippen LogP) is -0.461. The second-order valence-corrected chi connectivity index (χ2v) is 2.53. The minimum absolute atomic E-state index is 0.153. The minimum Gasteiger partial charge on any atom is -0.323 e. The topological polar surface area (TPSA) is 82.0 Å². The number of rotatable bonds is 1. The number of nitrogens with two attached hydrogens (primary N) is 1. The van der Waals surface area contributed by atoms with E-state index >= 15 is 0 Å².